The Morgan fingerprint density at radius 1 is 1.14 bits per heavy atom. The summed E-state index contributed by atoms with van der Waals surface area (Å²) in [5.41, 5.74) is 0. The van der Waals surface area contributed by atoms with E-state index < -0.39 is 7.82 Å². The molecule has 0 rings (SSSR count). The van der Waals surface area contributed by atoms with Crippen molar-refractivity contribution < 1.29 is 78.2 Å². The summed E-state index contributed by atoms with van der Waals surface area (Å²) in [6.07, 6.45) is 0. The van der Waals surface area contributed by atoms with Crippen molar-refractivity contribution in [2.24, 2.45) is 0 Å². The smallest absolute Gasteiger partial charge is 0.822 e. The molecule has 0 bridgehead atoms. The van der Waals surface area contributed by atoms with Crippen molar-refractivity contribution in [3.63, 3.8) is 0 Å². The van der Waals surface area contributed by atoms with E-state index in [-0.39, 0.29) is 58.9 Å². The molecule has 0 aliphatic heterocycles. The minimum Gasteiger partial charge on any atom is -0.822 e. The molecule has 0 aliphatic carbocycles. The van der Waals surface area contributed by atoms with E-state index in [1.54, 1.807) is 0 Å². The summed E-state index contributed by atoms with van der Waals surface area (Å²) in [5, 5.41) is 0. The zero-order valence-corrected chi connectivity index (χ0v) is 9.35. The molecule has 0 atom stereocenters. The molecule has 0 N–H and O–H groups in total. The molecule has 0 saturated carbocycles. The summed E-state index contributed by atoms with van der Waals surface area (Å²) in [6.45, 7) is 0. The van der Waals surface area contributed by atoms with Gasteiger partial charge in [-0.1, -0.05) is 0 Å². The molecule has 0 unspecified atom stereocenters. The Morgan fingerprint density at radius 3 is 1.14 bits per heavy atom. The van der Waals surface area contributed by atoms with Crippen LogP contribution in [0.25, 0.3) is 0 Å². The molecule has 32 valence electrons. The number of rotatable bonds is 0. The maximum absolute atomic E-state index is 8.55. The van der Waals surface area contributed by atoms with Gasteiger partial charge in [0.15, 0.2) is 0 Å². The van der Waals surface area contributed by atoms with E-state index in [2.05, 4.69) is 0 Å². The van der Waals surface area contributed by atoms with Crippen LogP contribution in [0.5, 0.6) is 0 Å². The van der Waals surface area contributed by atoms with Gasteiger partial charge in [-0.25, -0.2) is 0 Å². The fourth-order valence-electron chi connectivity index (χ4n) is 0. The first-order valence-corrected chi connectivity index (χ1v) is 2.19. The van der Waals surface area contributed by atoms with Gasteiger partial charge in [0.05, 0.1) is 0 Å². The molecule has 7 heteroatoms. The molecule has 0 aromatic heterocycles. The quantitative estimate of drug-likeness (QED) is 0.446. The zero-order chi connectivity index (χ0) is 4.50. The van der Waals surface area contributed by atoms with Gasteiger partial charge in [0.1, 0.15) is 0 Å². The molecule has 0 fully saturated rings. The van der Waals surface area contributed by atoms with Crippen LogP contribution in [0.3, 0.4) is 0 Å². The summed E-state index contributed by atoms with van der Waals surface area (Å²) < 4.78 is 8.55. The maximum atomic E-state index is 8.55. The molecular weight excluding hydrogens is 275 g/mol. The van der Waals surface area contributed by atoms with Crippen LogP contribution in [0.4, 0.5) is 0 Å². The molecule has 0 radical (unpaired) electrons. The minimum atomic E-state index is -5.39. The van der Waals surface area contributed by atoms with Crippen molar-refractivity contribution in [2.45, 2.75) is 0 Å². The number of hydrogen-bond acceptors (Lipinski definition) is 4. The molecule has 0 amide bonds. The zero-order valence-electron chi connectivity index (χ0n) is 3.16. The molecular formula is O4PYZr+4. The Bertz CT molecular complexity index is 57.8. The monoisotopic (exact) mass is 274 g/mol. The fraction of sp³-hybridized carbons (Fsp3) is 0. The second kappa shape index (κ2) is 6.22. The third-order valence-electron chi connectivity index (χ3n) is 0. The molecule has 0 saturated heterocycles. The van der Waals surface area contributed by atoms with Crippen LogP contribution < -0.4 is 14.7 Å². The molecule has 7 heavy (non-hydrogen) atoms. The third-order valence-corrected chi connectivity index (χ3v) is 0. The Morgan fingerprint density at radius 2 is 1.14 bits per heavy atom. The topological polar surface area (TPSA) is 86.2 Å². The standard InChI is InChI=1S/H3O4P.Y.Zr/c1-5(2,3)4;;/h(H3,1,2,3,4);;/q;+3;+4/p-3. The molecule has 0 heterocycles. The third kappa shape index (κ3) is 68.4. The van der Waals surface area contributed by atoms with Gasteiger partial charge in [-0.05, 0) is 0 Å². The van der Waals surface area contributed by atoms with Crippen molar-refractivity contribution in [3.05, 3.63) is 0 Å². The van der Waals surface area contributed by atoms with Crippen molar-refractivity contribution in [1.82, 2.24) is 0 Å². The SMILES string of the molecule is O=P([O-])([O-])[O-].[Y+3].[Zr+4]. The predicted molar refractivity (Wildman–Crippen MR) is 7.61 cm³/mol. The average Bonchev–Trinajstić information content (AvgIpc) is 0.722. The van der Waals surface area contributed by atoms with E-state index in [4.69, 9.17) is 19.2 Å². The van der Waals surface area contributed by atoms with Gasteiger partial charge < -0.3 is 19.2 Å². The summed E-state index contributed by atoms with van der Waals surface area (Å²) in [7, 11) is -5.39. The molecule has 0 spiro atoms. The van der Waals surface area contributed by atoms with Crippen LogP contribution >= 0.6 is 7.82 Å². The summed E-state index contributed by atoms with van der Waals surface area (Å²) >= 11 is 0. The first-order valence-electron chi connectivity index (χ1n) is 0.730. The van der Waals surface area contributed by atoms with Gasteiger partial charge in [0.2, 0.25) is 0 Å². The Kier molecular flexibility index (Phi) is 14.3. The van der Waals surface area contributed by atoms with Gasteiger partial charge >= 0.3 is 58.9 Å². The van der Waals surface area contributed by atoms with Crippen LogP contribution in [-0.4, -0.2) is 0 Å². The van der Waals surface area contributed by atoms with E-state index >= 15 is 0 Å². The second-order valence-electron chi connectivity index (χ2n) is 0.447. The number of phosphoric acid groups is 1. The number of hydrogen-bond donors (Lipinski definition) is 0. The Balaban J connectivity index is -0.0000000800. The van der Waals surface area contributed by atoms with Crippen LogP contribution in [0.15, 0.2) is 0 Å². The van der Waals surface area contributed by atoms with Crippen LogP contribution in [0.2, 0.25) is 0 Å². The Hall–Kier alpha value is 2.10. The van der Waals surface area contributed by atoms with Gasteiger partial charge in [0, 0.05) is 0 Å². The maximum Gasteiger partial charge on any atom is 4.00 e. The van der Waals surface area contributed by atoms with Crippen LogP contribution in [-0.2, 0) is 63.5 Å². The largest absolute Gasteiger partial charge is 4.00 e. The van der Waals surface area contributed by atoms with Crippen molar-refractivity contribution in [3.8, 4) is 0 Å². The van der Waals surface area contributed by atoms with Gasteiger partial charge in [0.25, 0.3) is 0 Å². The minimum absolute atomic E-state index is 0. The van der Waals surface area contributed by atoms with Crippen LogP contribution in [0, 0.1) is 0 Å². The van der Waals surface area contributed by atoms with Crippen molar-refractivity contribution in [2.75, 3.05) is 0 Å². The van der Waals surface area contributed by atoms with E-state index in [1.165, 1.54) is 0 Å². The van der Waals surface area contributed by atoms with Crippen LogP contribution in [0.1, 0.15) is 0 Å². The first-order chi connectivity index (χ1) is 2.00. The average molecular weight is 275 g/mol. The van der Waals surface area contributed by atoms with E-state index in [9.17, 15) is 0 Å². The Labute approximate surface area is 84.9 Å². The van der Waals surface area contributed by atoms with E-state index in [1.807, 2.05) is 0 Å². The summed E-state index contributed by atoms with van der Waals surface area (Å²) in [4.78, 5) is 25.6. The molecule has 4 nitrogen and oxygen atoms in total. The van der Waals surface area contributed by atoms with Crippen molar-refractivity contribution >= 4 is 7.82 Å². The summed E-state index contributed by atoms with van der Waals surface area (Å²) in [5.74, 6) is 0. The van der Waals surface area contributed by atoms with E-state index in [0.29, 0.717) is 0 Å². The summed E-state index contributed by atoms with van der Waals surface area (Å²) in [6, 6.07) is 0. The van der Waals surface area contributed by atoms with Gasteiger partial charge in [-0.15, -0.1) is 0 Å². The second-order valence-corrected chi connectivity index (χ2v) is 1.34. The fourth-order valence-corrected chi connectivity index (χ4v) is 0. The van der Waals surface area contributed by atoms with Gasteiger partial charge in [-0.2, -0.15) is 7.82 Å². The normalized spacial score (nSPS) is 8.43. The molecule has 0 aliphatic rings. The molecule has 0 aromatic carbocycles. The first kappa shape index (κ1) is 16.0. The predicted octanol–water partition coefficient (Wildman–Crippen LogP) is -2.83. The van der Waals surface area contributed by atoms with Gasteiger partial charge in [-0.3, -0.25) is 0 Å². The van der Waals surface area contributed by atoms with E-state index in [0.717, 1.165) is 0 Å². The van der Waals surface area contributed by atoms with Crippen molar-refractivity contribution in [1.29, 1.82) is 0 Å². The molecule has 0 aromatic rings.